The minimum atomic E-state index is -3.92. The quantitative estimate of drug-likeness (QED) is 0.709. The van der Waals surface area contributed by atoms with E-state index in [0.717, 1.165) is 10.4 Å². The van der Waals surface area contributed by atoms with E-state index in [9.17, 15) is 18.0 Å². The van der Waals surface area contributed by atoms with Gasteiger partial charge in [0.25, 0.3) is 5.91 Å². The van der Waals surface area contributed by atoms with Crippen LogP contribution in [0.5, 0.6) is 5.75 Å². The molecule has 0 aliphatic rings. The number of nitrogens with one attached hydrogen (secondary N) is 1. The van der Waals surface area contributed by atoms with Gasteiger partial charge in [-0.05, 0) is 18.2 Å². The average molecular weight is 315 g/mol. The second kappa shape index (κ2) is 6.55. The number of amides is 2. The highest BCUT2D eigenvalue weighted by Gasteiger charge is 2.24. The van der Waals surface area contributed by atoms with Crippen LogP contribution in [0, 0.1) is 0 Å². The molecule has 0 aromatic heterocycles. The first-order valence-corrected chi connectivity index (χ1v) is 7.32. The summed E-state index contributed by atoms with van der Waals surface area (Å²) in [5.74, 6) is -1.09. The summed E-state index contributed by atoms with van der Waals surface area (Å²) in [7, 11) is 0.0917. The Morgan fingerprint density at radius 3 is 2.48 bits per heavy atom. The summed E-state index contributed by atoms with van der Waals surface area (Å²) in [6.07, 6.45) is 0. The Hall–Kier alpha value is -2.13. The fourth-order valence-corrected chi connectivity index (χ4v) is 2.74. The summed E-state index contributed by atoms with van der Waals surface area (Å²) in [6.45, 7) is -0.337. The standard InChI is InChI=1S/C12H17N3O5S/c1-14-11(16)7-15(2)21(18,19)8-4-5-10(20-3)9(6-8)12(13)17/h4-6H,7H2,1-3H3,(H2,13,17)(H,14,16). The number of primary amides is 1. The van der Waals surface area contributed by atoms with Gasteiger partial charge in [0.15, 0.2) is 0 Å². The molecule has 0 spiro atoms. The van der Waals surface area contributed by atoms with E-state index in [1.54, 1.807) is 0 Å². The molecule has 0 radical (unpaired) electrons. The highest BCUT2D eigenvalue weighted by atomic mass is 32.2. The number of methoxy groups -OCH3 is 1. The van der Waals surface area contributed by atoms with Gasteiger partial charge >= 0.3 is 0 Å². The van der Waals surface area contributed by atoms with E-state index in [0.29, 0.717) is 0 Å². The van der Waals surface area contributed by atoms with Crippen LogP contribution in [0.2, 0.25) is 0 Å². The van der Waals surface area contributed by atoms with E-state index in [1.807, 2.05) is 0 Å². The van der Waals surface area contributed by atoms with Gasteiger partial charge in [-0.1, -0.05) is 0 Å². The zero-order valence-electron chi connectivity index (χ0n) is 11.9. The third-order valence-electron chi connectivity index (χ3n) is 2.79. The lowest BCUT2D eigenvalue weighted by Gasteiger charge is -2.17. The van der Waals surface area contributed by atoms with Crippen molar-refractivity contribution in [2.45, 2.75) is 4.90 Å². The van der Waals surface area contributed by atoms with Crippen LogP contribution in [0.15, 0.2) is 23.1 Å². The van der Waals surface area contributed by atoms with Gasteiger partial charge in [0, 0.05) is 14.1 Å². The molecule has 8 nitrogen and oxygen atoms in total. The van der Waals surface area contributed by atoms with E-state index in [1.165, 1.54) is 33.3 Å². The Bertz CT molecular complexity index is 657. The first-order valence-electron chi connectivity index (χ1n) is 5.88. The van der Waals surface area contributed by atoms with Crippen LogP contribution in [0.4, 0.5) is 0 Å². The third kappa shape index (κ3) is 3.70. The molecule has 1 rings (SSSR count). The molecule has 0 saturated carbocycles. The second-order valence-electron chi connectivity index (χ2n) is 4.16. The Kier molecular flexibility index (Phi) is 5.28. The minimum absolute atomic E-state index is 0.0491. The maximum atomic E-state index is 12.3. The number of carbonyl (C=O) groups is 2. The lowest BCUT2D eigenvalue weighted by atomic mass is 10.2. The number of hydrogen-bond donors (Lipinski definition) is 2. The Morgan fingerprint density at radius 1 is 1.38 bits per heavy atom. The molecule has 0 bridgehead atoms. The van der Waals surface area contributed by atoms with Crippen LogP contribution in [0.3, 0.4) is 0 Å². The van der Waals surface area contributed by atoms with Gasteiger partial charge in [0.2, 0.25) is 15.9 Å². The molecule has 0 saturated heterocycles. The van der Waals surface area contributed by atoms with Crippen molar-refractivity contribution in [3.8, 4) is 5.75 Å². The van der Waals surface area contributed by atoms with Crippen LogP contribution in [-0.4, -0.2) is 52.3 Å². The van der Waals surface area contributed by atoms with Crippen molar-refractivity contribution in [1.29, 1.82) is 0 Å². The largest absolute Gasteiger partial charge is 0.496 e. The van der Waals surface area contributed by atoms with Gasteiger partial charge in [-0.25, -0.2) is 8.42 Å². The number of likely N-dealkylation sites (N-methyl/N-ethyl adjacent to an activating group) is 2. The molecule has 1 aromatic carbocycles. The lowest BCUT2D eigenvalue weighted by molar-refractivity contribution is -0.120. The number of nitrogens with zero attached hydrogens (tertiary/aromatic N) is 1. The summed E-state index contributed by atoms with van der Waals surface area (Å²) < 4.78 is 30.4. The van der Waals surface area contributed by atoms with Crippen LogP contribution < -0.4 is 15.8 Å². The number of benzene rings is 1. The molecule has 9 heteroatoms. The number of nitrogens with two attached hydrogens (primary N) is 1. The third-order valence-corrected chi connectivity index (χ3v) is 4.59. The molecule has 0 aliphatic carbocycles. The van der Waals surface area contributed by atoms with Crippen molar-refractivity contribution in [3.05, 3.63) is 23.8 Å². The predicted molar refractivity (Wildman–Crippen MR) is 75.4 cm³/mol. The fourth-order valence-electron chi connectivity index (χ4n) is 1.59. The summed E-state index contributed by atoms with van der Waals surface area (Å²) in [6, 6.07) is 3.73. The molecule has 0 atom stereocenters. The van der Waals surface area contributed by atoms with E-state index < -0.39 is 21.8 Å². The lowest BCUT2D eigenvalue weighted by Crippen LogP contribution is -2.37. The Labute approximate surface area is 122 Å². The SMILES string of the molecule is CNC(=O)CN(C)S(=O)(=O)c1ccc(OC)c(C(N)=O)c1. The molecular weight excluding hydrogens is 298 g/mol. The van der Waals surface area contributed by atoms with E-state index in [-0.39, 0.29) is 22.8 Å². The maximum absolute atomic E-state index is 12.3. The summed E-state index contributed by atoms with van der Waals surface area (Å²) >= 11 is 0. The van der Waals surface area contributed by atoms with Gasteiger partial charge in [-0.15, -0.1) is 0 Å². The van der Waals surface area contributed by atoms with Crippen molar-refractivity contribution >= 4 is 21.8 Å². The van der Waals surface area contributed by atoms with Gasteiger partial charge in [0.05, 0.1) is 24.1 Å². The van der Waals surface area contributed by atoms with Gasteiger partial charge < -0.3 is 15.8 Å². The number of carbonyl (C=O) groups excluding carboxylic acids is 2. The zero-order valence-corrected chi connectivity index (χ0v) is 12.7. The average Bonchev–Trinajstić information content (AvgIpc) is 2.45. The maximum Gasteiger partial charge on any atom is 0.252 e. The smallest absolute Gasteiger partial charge is 0.252 e. The Morgan fingerprint density at radius 2 is 2.00 bits per heavy atom. The number of sulfonamides is 1. The Balaban J connectivity index is 3.23. The van der Waals surface area contributed by atoms with Crippen LogP contribution in [0.25, 0.3) is 0 Å². The highest BCUT2D eigenvalue weighted by molar-refractivity contribution is 7.89. The molecule has 0 fully saturated rings. The van der Waals surface area contributed by atoms with Crippen LogP contribution in [-0.2, 0) is 14.8 Å². The molecule has 21 heavy (non-hydrogen) atoms. The van der Waals surface area contributed by atoms with E-state index in [4.69, 9.17) is 10.5 Å². The highest BCUT2D eigenvalue weighted by Crippen LogP contribution is 2.23. The summed E-state index contributed by atoms with van der Waals surface area (Å²) in [5.41, 5.74) is 5.14. The van der Waals surface area contributed by atoms with E-state index in [2.05, 4.69) is 5.32 Å². The van der Waals surface area contributed by atoms with Crippen molar-refractivity contribution in [1.82, 2.24) is 9.62 Å². The zero-order chi connectivity index (χ0) is 16.2. The molecule has 2 amide bonds. The fraction of sp³-hybridized carbons (Fsp3) is 0.333. The molecule has 1 aromatic rings. The first-order chi connectivity index (χ1) is 9.73. The molecule has 0 heterocycles. The topological polar surface area (TPSA) is 119 Å². The van der Waals surface area contributed by atoms with Crippen molar-refractivity contribution < 1.29 is 22.7 Å². The predicted octanol–water partition coefficient (Wildman–Crippen LogP) is -0.839. The van der Waals surface area contributed by atoms with Crippen LogP contribution >= 0.6 is 0 Å². The normalized spacial score (nSPS) is 11.2. The molecule has 3 N–H and O–H groups in total. The number of rotatable bonds is 6. The van der Waals surface area contributed by atoms with Crippen LogP contribution in [0.1, 0.15) is 10.4 Å². The first kappa shape index (κ1) is 16.9. The number of hydrogen-bond acceptors (Lipinski definition) is 5. The minimum Gasteiger partial charge on any atom is -0.496 e. The van der Waals surface area contributed by atoms with Gasteiger partial charge in [0.1, 0.15) is 5.75 Å². The van der Waals surface area contributed by atoms with Gasteiger partial charge in [-0.3, -0.25) is 9.59 Å². The molecule has 116 valence electrons. The molecule has 0 aliphatic heterocycles. The van der Waals surface area contributed by atoms with Crippen molar-refractivity contribution in [2.75, 3.05) is 27.7 Å². The van der Waals surface area contributed by atoms with Crippen molar-refractivity contribution in [3.63, 3.8) is 0 Å². The molecule has 0 unspecified atom stereocenters. The monoisotopic (exact) mass is 315 g/mol. The summed E-state index contributed by atoms with van der Waals surface area (Å²) in [5, 5.41) is 2.33. The van der Waals surface area contributed by atoms with Gasteiger partial charge in [-0.2, -0.15) is 4.31 Å². The number of ether oxygens (including phenoxy) is 1. The van der Waals surface area contributed by atoms with Crippen molar-refractivity contribution in [2.24, 2.45) is 5.73 Å². The summed E-state index contributed by atoms with van der Waals surface area (Å²) in [4.78, 5) is 22.4. The molecular formula is C12H17N3O5S. The second-order valence-corrected chi connectivity index (χ2v) is 6.21. The van der Waals surface area contributed by atoms with E-state index >= 15 is 0 Å².